The zero-order valence-electron chi connectivity index (χ0n) is 10.6. The average molecular weight is 268 g/mol. The van der Waals surface area contributed by atoms with Crippen LogP contribution >= 0.6 is 0 Å². The molecule has 0 unspecified atom stereocenters. The Kier molecular flexibility index (Phi) is 4.37. The molecular weight excluding hydrogens is 248 g/mol. The van der Waals surface area contributed by atoms with Gasteiger partial charge in [0.15, 0.2) is 0 Å². The molecule has 100 valence electrons. The third-order valence-corrected chi connectivity index (χ3v) is 4.29. The van der Waals surface area contributed by atoms with Crippen molar-refractivity contribution in [2.24, 2.45) is 0 Å². The van der Waals surface area contributed by atoms with Gasteiger partial charge in [0.25, 0.3) is 0 Å². The van der Waals surface area contributed by atoms with E-state index in [2.05, 4.69) is 17.0 Å². The van der Waals surface area contributed by atoms with Gasteiger partial charge in [-0.3, -0.25) is 0 Å². The lowest BCUT2D eigenvalue weighted by atomic mass is 10.1. The van der Waals surface area contributed by atoms with E-state index in [1.54, 1.807) is 0 Å². The Labute approximate surface area is 109 Å². The van der Waals surface area contributed by atoms with Gasteiger partial charge in [-0.05, 0) is 30.5 Å². The molecule has 1 saturated carbocycles. The molecule has 0 saturated heterocycles. The summed E-state index contributed by atoms with van der Waals surface area (Å²) in [6.07, 6.45) is 1.95. The monoisotopic (exact) mass is 268 g/mol. The molecule has 1 aromatic rings. The van der Waals surface area contributed by atoms with Gasteiger partial charge in [-0.2, -0.15) is 0 Å². The minimum atomic E-state index is -3.17. The van der Waals surface area contributed by atoms with E-state index in [0.29, 0.717) is 0 Å². The summed E-state index contributed by atoms with van der Waals surface area (Å²) in [5.41, 5.74) is 2.01. The van der Waals surface area contributed by atoms with Crippen molar-refractivity contribution in [1.82, 2.24) is 10.0 Å². The molecule has 1 aliphatic rings. The molecule has 0 atom stereocenters. The topological polar surface area (TPSA) is 58.2 Å². The zero-order valence-corrected chi connectivity index (χ0v) is 11.5. The van der Waals surface area contributed by atoms with Crippen LogP contribution < -0.4 is 10.0 Å². The molecule has 18 heavy (non-hydrogen) atoms. The van der Waals surface area contributed by atoms with Crippen molar-refractivity contribution in [1.29, 1.82) is 0 Å². The molecule has 2 N–H and O–H groups in total. The first-order valence-electron chi connectivity index (χ1n) is 6.37. The molecule has 0 heterocycles. The highest BCUT2D eigenvalue weighted by atomic mass is 32.2. The molecule has 1 fully saturated rings. The minimum Gasteiger partial charge on any atom is -0.313 e. The first-order valence-corrected chi connectivity index (χ1v) is 8.03. The van der Waals surface area contributed by atoms with E-state index in [9.17, 15) is 8.42 Å². The number of sulfonamides is 1. The van der Waals surface area contributed by atoms with E-state index < -0.39 is 10.0 Å². The van der Waals surface area contributed by atoms with Crippen LogP contribution in [0.2, 0.25) is 0 Å². The van der Waals surface area contributed by atoms with Gasteiger partial charge in [0.2, 0.25) is 10.0 Å². The number of hydrogen-bond donors (Lipinski definition) is 2. The zero-order chi connectivity index (χ0) is 13.0. The maximum absolute atomic E-state index is 11.8. The standard InChI is InChI=1S/C13H20N2O2S/c1-2-14-9-11-3-5-12(6-4-11)10-18(16,17)15-13-7-8-13/h3-6,13-15H,2,7-10H2,1H3. The molecule has 0 radical (unpaired) electrons. The van der Waals surface area contributed by atoms with Crippen molar-refractivity contribution in [3.05, 3.63) is 35.4 Å². The van der Waals surface area contributed by atoms with Crippen molar-refractivity contribution in [2.45, 2.75) is 38.1 Å². The van der Waals surface area contributed by atoms with Gasteiger partial charge in [0, 0.05) is 12.6 Å². The Morgan fingerprint density at radius 3 is 2.33 bits per heavy atom. The van der Waals surface area contributed by atoms with Gasteiger partial charge in [-0.15, -0.1) is 0 Å². The summed E-state index contributed by atoms with van der Waals surface area (Å²) in [5, 5.41) is 3.24. The second-order valence-electron chi connectivity index (χ2n) is 4.75. The van der Waals surface area contributed by atoms with Crippen molar-refractivity contribution in [3.63, 3.8) is 0 Å². The molecule has 2 rings (SSSR count). The van der Waals surface area contributed by atoms with Crippen LogP contribution in [-0.2, 0) is 22.3 Å². The van der Waals surface area contributed by atoms with Crippen LogP contribution in [0.4, 0.5) is 0 Å². The lowest BCUT2D eigenvalue weighted by Gasteiger charge is -2.07. The Bertz CT molecular complexity index is 478. The molecular formula is C13H20N2O2S. The third-order valence-electron chi connectivity index (χ3n) is 2.88. The summed E-state index contributed by atoms with van der Waals surface area (Å²) in [7, 11) is -3.17. The Morgan fingerprint density at radius 2 is 1.78 bits per heavy atom. The molecule has 0 amide bonds. The third kappa shape index (κ3) is 4.40. The minimum absolute atomic E-state index is 0.0744. The van der Waals surface area contributed by atoms with Crippen LogP contribution in [0, 0.1) is 0 Å². The predicted molar refractivity (Wildman–Crippen MR) is 72.6 cm³/mol. The maximum Gasteiger partial charge on any atom is 0.216 e. The van der Waals surface area contributed by atoms with Crippen LogP contribution in [0.15, 0.2) is 24.3 Å². The largest absolute Gasteiger partial charge is 0.313 e. The highest BCUT2D eigenvalue weighted by Crippen LogP contribution is 2.20. The van der Waals surface area contributed by atoms with Gasteiger partial charge in [0.1, 0.15) is 0 Å². The molecule has 1 aliphatic carbocycles. The van der Waals surface area contributed by atoms with Crippen molar-refractivity contribution < 1.29 is 8.42 Å². The van der Waals surface area contributed by atoms with E-state index in [1.165, 1.54) is 5.56 Å². The smallest absolute Gasteiger partial charge is 0.216 e. The van der Waals surface area contributed by atoms with Gasteiger partial charge in [-0.1, -0.05) is 31.2 Å². The number of nitrogens with one attached hydrogen (secondary N) is 2. The van der Waals surface area contributed by atoms with Crippen LogP contribution in [0.1, 0.15) is 30.9 Å². The molecule has 0 aliphatic heterocycles. The first kappa shape index (κ1) is 13.5. The Balaban J connectivity index is 1.92. The van der Waals surface area contributed by atoms with E-state index in [0.717, 1.165) is 31.5 Å². The molecule has 5 heteroatoms. The number of benzene rings is 1. The average Bonchev–Trinajstić information content (AvgIpc) is 3.11. The van der Waals surface area contributed by atoms with Gasteiger partial charge < -0.3 is 5.32 Å². The van der Waals surface area contributed by atoms with E-state index >= 15 is 0 Å². The summed E-state index contributed by atoms with van der Waals surface area (Å²) in [6, 6.07) is 7.91. The van der Waals surface area contributed by atoms with Crippen LogP contribution in [0.25, 0.3) is 0 Å². The number of hydrogen-bond acceptors (Lipinski definition) is 3. The normalized spacial score (nSPS) is 15.8. The molecule has 0 bridgehead atoms. The van der Waals surface area contributed by atoms with E-state index in [4.69, 9.17) is 0 Å². The highest BCUT2D eigenvalue weighted by Gasteiger charge is 2.26. The fourth-order valence-electron chi connectivity index (χ4n) is 1.74. The Morgan fingerprint density at radius 1 is 1.17 bits per heavy atom. The number of rotatable bonds is 7. The maximum atomic E-state index is 11.8. The van der Waals surface area contributed by atoms with E-state index in [-0.39, 0.29) is 11.8 Å². The second kappa shape index (κ2) is 5.82. The van der Waals surface area contributed by atoms with Crippen molar-refractivity contribution in [2.75, 3.05) is 6.54 Å². The molecule has 0 spiro atoms. The lowest BCUT2D eigenvalue weighted by molar-refractivity contribution is 0.580. The second-order valence-corrected chi connectivity index (χ2v) is 6.50. The van der Waals surface area contributed by atoms with Gasteiger partial charge in [0.05, 0.1) is 5.75 Å². The SMILES string of the molecule is CCNCc1ccc(CS(=O)(=O)NC2CC2)cc1. The molecule has 4 nitrogen and oxygen atoms in total. The van der Waals surface area contributed by atoms with Crippen molar-refractivity contribution in [3.8, 4) is 0 Å². The first-order chi connectivity index (χ1) is 8.59. The fraction of sp³-hybridized carbons (Fsp3) is 0.538. The van der Waals surface area contributed by atoms with Crippen molar-refractivity contribution >= 4 is 10.0 Å². The summed E-state index contributed by atoms with van der Waals surface area (Å²) in [4.78, 5) is 0. The quantitative estimate of drug-likeness (QED) is 0.785. The predicted octanol–water partition coefficient (Wildman–Crippen LogP) is 1.38. The lowest BCUT2D eigenvalue weighted by Crippen LogP contribution is -2.27. The summed E-state index contributed by atoms with van der Waals surface area (Å²) in [6.45, 7) is 3.82. The van der Waals surface area contributed by atoms with E-state index in [1.807, 2.05) is 24.3 Å². The van der Waals surface area contributed by atoms with Crippen LogP contribution in [0.5, 0.6) is 0 Å². The summed E-state index contributed by atoms with van der Waals surface area (Å²) in [5.74, 6) is 0.0744. The van der Waals surface area contributed by atoms with Gasteiger partial charge >= 0.3 is 0 Å². The van der Waals surface area contributed by atoms with Crippen LogP contribution in [0.3, 0.4) is 0 Å². The summed E-state index contributed by atoms with van der Waals surface area (Å²) >= 11 is 0. The highest BCUT2D eigenvalue weighted by molar-refractivity contribution is 7.88. The Hall–Kier alpha value is -0.910. The van der Waals surface area contributed by atoms with Crippen LogP contribution in [-0.4, -0.2) is 21.0 Å². The summed E-state index contributed by atoms with van der Waals surface area (Å²) < 4.78 is 26.3. The molecule has 1 aromatic carbocycles. The molecule has 0 aromatic heterocycles. The fourth-order valence-corrected chi connectivity index (χ4v) is 3.20. The van der Waals surface area contributed by atoms with Gasteiger partial charge in [-0.25, -0.2) is 13.1 Å².